The zero-order valence-corrected chi connectivity index (χ0v) is 23.4. The first-order valence-electron chi connectivity index (χ1n) is 12.6. The molecule has 45 heavy (non-hydrogen) atoms. The molecule has 5 rings (SSSR count). The fourth-order valence-electron chi connectivity index (χ4n) is 4.52. The molecule has 0 fully saturated rings. The second kappa shape index (κ2) is 12.0. The Hall–Kier alpha value is -5.38. The standard InChI is InChI=1S/C28H18ClF5N6O5/c1-45-24(41)9-22(38-11-16(10-35-38)14-2-4-17(27(42)43)19(30)8-14)20-6-3-15(12-40(20)44)25-21(7-5-18(29)26(25)31)39-13-23(36-37-39)28(32,33)34/h2-8,10-13,22H,9H2,1H3,(H,42,43). The maximum Gasteiger partial charge on any atom is 0.436 e. The first-order chi connectivity index (χ1) is 21.3. The summed E-state index contributed by atoms with van der Waals surface area (Å²) in [5.74, 6) is -4.21. The molecule has 0 saturated carbocycles. The Morgan fingerprint density at radius 3 is 2.44 bits per heavy atom. The monoisotopic (exact) mass is 648 g/mol. The van der Waals surface area contributed by atoms with Gasteiger partial charge < -0.3 is 15.1 Å². The molecule has 2 aromatic carbocycles. The molecule has 1 N–H and O–H groups in total. The summed E-state index contributed by atoms with van der Waals surface area (Å²) < 4.78 is 76.1. The van der Waals surface area contributed by atoms with E-state index in [0.29, 0.717) is 21.2 Å². The molecule has 0 amide bonds. The van der Waals surface area contributed by atoms with E-state index < -0.39 is 53.5 Å². The van der Waals surface area contributed by atoms with Crippen LogP contribution in [0.3, 0.4) is 0 Å². The zero-order chi connectivity index (χ0) is 32.6. The number of hydrogen-bond donors (Lipinski definition) is 1. The lowest BCUT2D eigenvalue weighted by Gasteiger charge is -2.17. The van der Waals surface area contributed by atoms with Crippen molar-refractivity contribution < 1.29 is 46.1 Å². The number of hydrogen-bond acceptors (Lipinski definition) is 7. The smallest absolute Gasteiger partial charge is 0.436 e. The lowest BCUT2D eigenvalue weighted by atomic mass is 10.0. The van der Waals surface area contributed by atoms with Gasteiger partial charge in [-0.05, 0) is 35.9 Å². The summed E-state index contributed by atoms with van der Waals surface area (Å²) in [5.41, 5.74) is -2.00. The molecule has 0 aliphatic heterocycles. The number of ether oxygens (including phenoxy) is 1. The largest absolute Gasteiger partial charge is 0.618 e. The van der Waals surface area contributed by atoms with Gasteiger partial charge in [0, 0.05) is 17.8 Å². The second-order valence-electron chi connectivity index (χ2n) is 9.47. The number of carboxylic acids is 1. The molecular formula is C28H18ClF5N6O5. The normalized spacial score (nSPS) is 12.2. The van der Waals surface area contributed by atoms with Crippen molar-refractivity contribution in [1.29, 1.82) is 0 Å². The van der Waals surface area contributed by atoms with Gasteiger partial charge in [-0.3, -0.25) is 9.48 Å². The van der Waals surface area contributed by atoms with Gasteiger partial charge in [-0.1, -0.05) is 22.9 Å². The molecule has 0 spiro atoms. The number of esters is 1. The van der Waals surface area contributed by atoms with Gasteiger partial charge in [0.05, 0.1) is 53.3 Å². The number of carbonyl (C=O) groups excluding carboxylic acids is 1. The Balaban J connectivity index is 1.56. The predicted molar refractivity (Wildman–Crippen MR) is 145 cm³/mol. The van der Waals surface area contributed by atoms with E-state index in [2.05, 4.69) is 15.4 Å². The van der Waals surface area contributed by atoms with Gasteiger partial charge in [0.25, 0.3) is 0 Å². The molecule has 0 aliphatic rings. The minimum Gasteiger partial charge on any atom is -0.618 e. The number of nitrogens with zero attached hydrogens (tertiary/aromatic N) is 6. The maximum absolute atomic E-state index is 15.3. The number of rotatable bonds is 8. The Morgan fingerprint density at radius 2 is 1.82 bits per heavy atom. The van der Waals surface area contributed by atoms with Crippen LogP contribution in [0, 0.1) is 16.8 Å². The molecule has 0 radical (unpaired) electrons. The maximum atomic E-state index is 15.3. The molecule has 17 heteroatoms. The number of carboxylic acid groups (broad SMARTS) is 1. The van der Waals surface area contributed by atoms with Crippen LogP contribution in [0.1, 0.15) is 34.2 Å². The van der Waals surface area contributed by atoms with Crippen LogP contribution < -0.4 is 4.73 Å². The topological polar surface area (TPSA) is 139 Å². The van der Waals surface area contributed by atoms with Crippen LogP contribution >= 0.6 is 11.6 Å². The van der Waals surface area contributed by atoms with Crippen LogP contribution in [-0.2, 0) is 15.7 Å². The third-order valence-corrected chi connectivity index (χ3v) is 7.01. The van der Waals surface area contributed by atoms with Gasteiger partial charge >= 0.3 is 18.1 Å². The fraction of sp³-hybridized carbons (Fsp3) is 0.143. The van der Waals surface area contributed by atoms with Gasteiger partial charge in [0.2, 0.25) is 5.69 Å². The van der Waals surface area contributed by atoms with Crippen molar-refractivity contribution in [1.82, 2.24) is 24.8 Å². The first-order valence-corrected chi connectivity index (χ1v) is 13.0. The quantitative estimate of drug-likeness (QED) is 0.104. The second-order valence-corrected chi connectivity index (χ2v) is 9.88. The summed E-state index contributed by atoms with van der Waals surface area (Å²) in [4.78, 5) is 23.5. The highest BCUT2D eigenvalue weighted by atomic mass is 35.5. The number of alkyl halides is 3. The van der Waals surface area contributed by atoms with E-state index in [0.717, 1.165) is 31.5 Å². The molecule has 3 heterocycles. The molecule has 0 aliphatic carbocycles. The van der Waals surface area contributed by atoms with Crippen LogP contribution in [0.5, 0.6) is 0 Å². The van der Waals surface area contributed by atoms with Crippen molar-refractivity contribution >= 4 is 23.5 Å². The van der Waals surface area contributed by atoms with Crippen molar-refractivity contribution in [3.63, 3.8) is 0 Å². The van der Waals surface area contributed by atoms with Crippen LogP contribution in [-0.4, -0.2) is 48.9 Å². The minimum absolute atomic E-state index is 0.0738. The molecule has 1 unspecified atom stereocenters. The highest BCUT2D eigenvalue weighted by molar-refractivity contribution is 6.31. The Bertz CT molecular complexity index is 1940. The third-order valence-electron chi connectivity index (χ3n) is 6.72. The highest BCUT2D eigenvalue weighted by Gasteiger charge is 2.35. The Morgan fingerprint density at radius 1 is 1.09 bits per heavy atom. The molecule has 0 saturated heterocycles. The van der Waals surface area contributed by atoms with Crippen LogP contribution in [0.25, 0.3) is 27.9 Å². The van der Waals surface area contributed by atoms with Gasteiger partial charge in [0.15, 0.2) is 17.7 Å². The number of carbonyl (C=O) groups is 2. The average Bonchev–Trinajstić information content (AvgIpc) is 3.68. The molecule has 5 aromatic rings. The summed E-state index contributed by atoms with van der Waals surface area (Å²) in [6.45, 7) is 0. The summed E-state index contributed by atoms with van der Waals surface area (Å²) in [5, 5.41) is 32.8. The Labute approximate surface area is 254 Å². The third kappa shape index (κ3) is 6.17. The van der Waals surface area contributed by atoms with Crippen molar-refractivity contribution in [3.05, 3.63) is 106 Å². The van der Waals surface area contributed by atoms with E-state index in [1.54, 1.807) is 0 Å². The first kappa shape index (κ1) is 31.1. The predicted octanol–water partition coefficient (Wildman–Crippen LogP) is 5.23. The lowest BCUT2D eigenvalue weighted by Crippen LogP contribution is -2.36. The molecule has 11 nitrogen and oxygen atoms in total. The highest BCUT2D eigenvalue weighted by Crippen LogP contribution is 2.35. The minimum atomic E-state index is -4.82. The van der Waals surface area contributed by atoms with Crippen molar-refractivity contribution in [3.8, 4) is 27.9 Å². The molecule has 232 valence electrons. The number of aromatic nitrogens is 6. The van der Waals surface area contributed by atoms with E-state index in [1.165, 1.54) is 41.3 Å². The SMILES string of the molecule is COC(=O)CC(c1ccc(-c2c(-n3cc(C(F)(F)F)nn3)ccc(Cl)c2F)c[n+]1[O-])n1cc(-c2ccc(C(=O)O)c(F)c2)cn1. The summed E-state index contributed by atoms with van der Waals surface area (Å²) in [6, 6.07) is 7.18. The van der Waals surface area contributed by atoms with Crippen LogP contribution in [0.2, 0.25) is 5.02 Å². The zero-order valence-electron chi connectivity index (χ0n) is 22.7. The lowest BCUT2D eigenvalue weighted by molar-refractivity contribution is -0.615. The van der Waals surface area contributed by atoms with Crippen molar-refractivity contribution in [2.75, 3.05) is 7.11 Å². The number of pyridine rings is 1. The summed E-state index contributed by atoms with van der Waals surface area (Å²) in [7, 11) is 1.13. The number of aromatic carboxylic acids is 1. The fourth-order valence-corrected chi connectivity index (χ4v) is 4.67. The number of halogens is 6. The molecule has 0 bridgehead atoms. The molecule has 3 aromatic heterocycles. The van der Waals surface area contributed by atoms with Gasteiger partial charge in [0.1, 0.15) is 11.9 Å². The van der Waals surface area contributed by atoms with Crippen LogP contribution in [0.15, 0.2) is 67.3 Å². The Kier molecular flexibility index (Phi) is 8.25. The number of benzene rings is 2. The number of methoxy groups -OCH3 is 1. The van der Waals surface area contributed by atoms with Crippen molar-refractivity contribution in [2.24, 2.45) is 0 Å². The van der Waals surface area contributed by atoms with Crippen molar-refractivity contribution in [2.45, 2.75) is 18.6 Å². The molecule has 1 atom stereocenters. The summed E-state index contributed by atoms with van der Waals surface area (Å²) in [6.07, 6.45) is -1.03. The van der Waals surface area contributed by atoms with E-state index in [1.807, 2.05) is 0 Å². The van der Waals surface area contributed by atoms with Gasteiger partial charge in [-0.25, -0.2) is 18.3 Å². The summed E-state index contributed by atoms with van der Waals surface area (Å²) >= 11 is 5.96. The van der Waals surface area contributed by atoms with Gasteiger partial charge in [-0.15, -0.1) is 5.10 Å². The van der Waals surface area contributed by atoms with Gasteiger partial charge in [-0.2, -0.15) is 23.0 Å². The molecular weight excluding hydrogens is 631 g/mol. The van der Waals surface area contributed by atoms with E-state index in [4.69, 9.17) is 21.4 Å². The average molecular weight is 649 g/mol. The van der Waals surface area contributed by atoms with Crippen LogP contribution in [0.4, 0.5) is 22.0 Å². The van der Waals surface area contributed by atoms with E-state index in [-0.39, 0.29) is 33.1 Å². The van der Waals surface area contributed by atoms with E-state index >= 15 is 4.39 Å². The van der Waals surface area contributed by atoms with E-state index in [9.17, 15) is 32.4 Å².